The molecular formula is C26H25F5. The van der Waals surface area contributed by atoms with Gasteiger partial charge >= 0.3 is 6.18 Å². The summed E-state index contributed by atoms with van der Waals surface area (Å²) in [4.78, 5) is 0. The lowest BCUT2D eigenvalue weighted by atomic mass is 9.77. The molecule has 0 aromatic heterocycles. The van der Waals surface area contributed by atoms with Gasteiger partial charge in [-0.3, -0.25) is 0 Å². The van der Waals surface area contributed by atoms with E-state index in [2.05, 4.69) is 19.1 Å². The highest BCUT2D eigenvalue weighted by Gasteiger charge is 2.24. The average Bonchev–Trinajstić information content (AvgIpc) is 2.72. The van der Waals surface area contributed by atoms with Gasteiger partial charge in [0.05, 0.1) is 5.56 Å². The fourth-order valence-electron chi connectivity index (χ4n) is 4.21. The van der Waals surface area contributed by atoms with Crippen molar-refractivity contribution >= 4 is 12.2 Å². The van der Waals surface area contributed by atoms with Crippen LogP contribution in [0.15, 0.2) is 36.4 Å². The molecule has 0 aliphatic heterocycles. The Balaban J connectivity index is 1.66. The molecule has 1 saturated carbocycles. The Morgan fingerprint density at radius 3 is 2.03 bits per heavy atom. The Hall–Kier alpha value is -2.61. The standard InChI is InChI=1S/C26H25F5/c1-2-3-18-6-10-21(11-7-18)22-12-8-19(9-13-22)4-5-20-16-24(27)23(25(28)17-20)14-15-26(29,30)31/h4-5,8-9,12-13,16-18,21H,2-3,6-7,10-11H2,1H3/b5-4+. The van der Waals surface area contributed by atoms with Gasteiger partial charge in [-0.1, -0.05) is 62.1 Å². The zero-order valence-electron chi connectivity index (χ0n) is 17.4. The lowest BCUT2D eigenvalue weighted by Gasteiger charge is -2.28. The van der Waals surface area contributed by atoms with E-state index >= 15 is 0 Å². The average molecular weight is 432 g/mol. The summed E-state index contributed by atoms with van der Waals surface area (Å²) in [7, 11) is 0. The molecule has 0 nitrogen and oxygen atoms in total. The van der Waals surface area contributed by atoms with Crippen LogP contribution in [0.25, 0.3) is 12.2 Å². The molecule has 164 valence electrons. The van der Waals surface area contributed by atoms with Crippen molar-refractivity contribution in [2.75, 3.05) is 0 Å². The van der Waals surface area contributed by atoms with Crippen molar-refractivity contribution in [2.24, 2.45) is 5.92 Å². The number of rotatable bonds is 5. The monoisotopic (exact) mass is 432 g/mol. The minimum Gasteiger partial charge on any atom is -0.205 e. The summed E-state index contributed by atoms with van der Waals surface area (Å²) >= 11 is 0. The molecule has 0 bridgehead atoms. The van der Waals surface area contributed by atoms with Crippen molar-refractivity contribution in [2.45, 2.75) is 57.5 Å². The van der Waals surface area contributed by atoms with Gasteiger partial charge < -0.3 is 0 Å². The summed E-state index contributed by atoms with van der Waals surface area (Å²) < 4.78 is 64.5. The normalized spacial score (nSPS) is 19.3. The predicted octanol–water partition coefficient (Wildman–Crippen LogP) is 8.12. The number of halogens is 5. The van der Waals surface area contributed by atoms with Crippen LogP contribution in [-0.2, 0) is 0 Å². The van der Waals surface area contributed by atoms with Crippen LogP contribution in [0.2, 0.25) is 0 Å². The van der Waals surface area contributed by atoms with Crippen LogP contribution in [0.1, 0.15) is 73.6 Å². The van der Waals surface area contributed by atoms with E-state index in [1.807, 2.05) is 12.1 Å². The maximum absolute atomic E-state index is 14.0. The highest BCUT2D eigenvalue weighted by molar-refractivity contribution is 5.70. The van der Waals surface area contributed by atoms with Gasteiger partial charge in [-0.05, 0) is 66.3 Å². The van der Waals surface area contributed by atoms with E-state index in [0.29, 0.717) is 5.92 Å². The molecule has 2 aromatic carbocycles. The number of hydrogen-bond donors (Lipinski definition) is 0. The van der Waals surface area contributed by atoms with Crippen LogP contribution in [0, 0.1) is 29.4 Å². The Morgan fingerprint density at radius 1 is 0.903 bits per heavy atom. The second-order valence-corrected chi connectivity index (χ2v) is 8.11. The smallest absolute Gasteiger partial charge is 0.205 e. The fraction of sp³-hybridized carbons (Fsp3) is 0.385. The molecule has 3 rings (SSSR count). The fourth-order valence-corrected chi connectivity index (χ4v) is 4.21. The predicted molar refractivity (Wildman–Crippen MR) is 114 cm³/mol. The van der Waals surface area contributed by atoms with Crippen LogP contribution in [0.4, 0.5) is 22.0 Å². The van der Waals surface area contributed by atoms with E-state index in [1.54, 1.807) is 6.08 Å². The van der Waals surface area contributed by atoms with E-state index in [0.717, 1.165) is 29.5 Å². The van der Waals surface area contributed by atoms with Crippen molar-refractivity contribution in [3.05, 3.63) is 70.3 Å². The maximum Gasteiger partial charge on any atom is 0.458 e. The second kappa shape index (κ2) is 10.1. The Bertz CT molecular complexity index is 943. The molecule has 0 unspecified atom stereocenters. The number of hydrogen-bond acceptors (Lipinski definition) is 0. The van der Waals surface area contributed by atoms with Gasteiger partial charge in [0.2, 0.25) is 0 Å². The van der Waals surface area contributed by atoms with Crippen molar-refractivity contribution in [3.63, 3.8) is 0 Å². The zero-order chi connectivity index (χ0) is 22.4. The molecule has 0 saturated heterocycles. The van der Waals surface area contributed by atoms with Crippen LogP contribution >= 0.6 is 0 Å². The van der Waals surface area contributed by atoms with Gasteiger partial charge in [0.15, 0.2) is 0 Å². The molecule has 31 heavy (non-hydrogen) atoms. The molecule has 2 aromatic rings. The van der Waals surface area contributed by atoms with E-state index in [-0.39, 0.29) is 5.56 Å². The summed E-state index contributed by atoms with van der Waals surface area (Å²) in [6.07, 6.45) is 5.97. The lowest BCUT2D eigenvalue weighted by molar-refractivity contribution is -0.0696. The maximum atomic E-state index is 14.0. The summed E-state index contributed by atoms with van der Waals surface area (Å²) in [6.45, 7) is 2.23. The van der Waals surface area contributed by atoms with Crippen molar-refractivity contribution in [3.8, 4) is 11.8 Å². The van der Waals surface area contributed by atoms with Gasteiger partial charge in [-0.15, -0.1) is 0 Å². The number of alkyl halides is 3. The third kappa shape index (κ3) is 6.69. The van der Waals surface area contributed by atoms with Crippen LogP contribution in [-0.4, -0.2) is 6.18 Å². The van der Waals surface area contributed by atoms with E-state index in [1.165, 1.54) is 56.1 Å². The topological polar surface area (TPSA) is 0 Å². The summed E-state index contributed by atoms with van der Waals surface area (Å²) in [5.41, 5.74) is 1.53. The summed E-state index contributed by atoms with van der Waals surface area (Å²) in [5.74, 6) is 1.61. The minimum absolute atomic E-state index is 0.214. The van der Waals surface area contributed by atoms with Gasteiger partial charge in [-0.2, -0.15) is 13.2 Å². The summed E-state index contributed by atoms with van der Waals surface area (Å²) in [5, 5.41) is 0. The summed E-state index contributed by atoms with van der Waals surface area (Å²) in [6, 6.07) is 10.1. The van der Waals surface area contributed by atoms with E-state index in [9.17, 15) is 22.0 Å². The molecule has 0 amide bonds. The highest BCUT2D eigenvalue weighted by atomic mass is 19.4. The van der Waals surface area contributed by atoms with Gasteiger partial charge in [0.25, 0.3) is 0 Å². The molecule has 0 heterocycles. The molecule has 1 fully saturated rings. The van der Waals surface area contributed by atoms with E-state index < -0.39 is 23.4 Å². The Morgan fingerprint density at radius 2 is 1.48 bits per heavy atom. The first-order valence-corrected chi connectivity index (χ1v) is 10.6. The molecule has 0 N–H and O–H groups in total. The largest absolute Gasteiger partial charge is 0.458 e. The molecule has 0 radical (unpaired) electrons. The third-order valence-electron chi connectivity index (χ3n) is 5.81. The SMILES string of the molecule is CCCC1CCC(c2ccc(/C=C/c3cc(F)c(C#CC(F)(F)F)c(F)c3)cc2)CC1. The molecule has 0 spiro atoms. The third-order valence-corrected chi connectivity index (χ3v) is 5.81. The first-order chi connectivity index (χ1) is 14.7. The Labute approximate surface area is 180 Å². The molecule has 5 heteroatoms. The Kier molecular flexibility index (Phi) is 7.54. The van der Waals surface area contributed by atoms with Gasteiger partial charge in [-0.25, -0.2) is 8.78 Å². The highest BCUT2D eigenvalue weighted by Crippen LogP contribution is 2.37. The first kappa shape index (κ1) is 23.1. The molecule has 0 atom stereocenters. The van der Waals surface area contributed by atoms with Crippen LogP contribution < -0.4 is 0 Å². The van der Waals surface area contributed by atoms with Crippen molar-refractivity contribution in [1.29, 1.82) is 0 Å². The van der Waals surface area contributed by atoms with Gasteiger partial charge in [0, 0.05) is 5.92 Å². The molecule has 1 aliphatic rings. The van der Waals surface area contributed by atoms with Crippen LogP contribution in [0.3, 0.4) is 0 Å². The first-order valence-electron chi connectivity index (χ1n) is 10.6. The zero-order valence-corrected chi connectivity index (χ0v) is 17.4. The van der Waals surface area contributed by atoms with Crippen LogP contribution in [0.5, 0.6) is 0 Å². The number of benzene rings is 2. The second-order valence-electron chi connectivity index (χ2n) is 8.11. The molecule has 1 aliphatic carbocycles. The van der Waals surface area contributed by atoms with E-state index in [4.69, 9.17) is 0 Å². The van der Waals surface area contributed by atoms with Crippen molar-refractivity contribution in [1.82, 2.24) is 0 Å². The van der Waals surface area contributed by atoms with Gasteiger partial charge in [0.1, 0.15) is 11.6 Å². The molecular weight excluding hydrogens is 407 g/mol. The van der Waals surface area contributed by atoms with Crippen molar-refractivity contribution < 1.29 is 22.0 Å². The lowest BCUT2D eigenvalue weighted by Crippen LogP contribution is -2.13. The quantitative estimate of drug-likeness (QED) is 0.254. The minimum atomic E-state index is -4.81.